The molecule has 4 rings (SSSR count). The molecule has 2 aliphatic rings. The van der Waals surface area contributed by atoms with Gasteiger partial charge in [0.15, 0.2) is 0 Å². The van der Waals surface area contributed by atoms with E-state index in [1.165, 1.54) is 0 Å². The molecule has 0 bridgehead atoms. The van der Waals surface area contributed by atoms with Gasteiger partial charge in [-0.25, -0.2) is 9.97 Å². The third-order valence-electron chi connectivity index (χ3n) is 3.86. The monoisotopic (exact) mass is 289 g/mol. The zero-order chi connectivity index (χ0) is 14.8. The third kappa shape index (κ3) is 1.78. The van der Waals surface area contributed by atoms with Gasteiger partial charge < -0.3 is 0 Å². The van der Waals surface area contributed by atoms with Crippen molar-refractivity contribution in [1.82, 2.24) is 9.97 Å². The van der Waals surface area contributed by atoms with Gasteiger partial charge in [-0.3, -0.25) is 5.41 Å². The maximum Gasteiger partial charge on any atom is 0.451 e. The van der Waals surface area contributed by atoms with E-state index in [1.54, 1.807) is 12.1 Å². The Morgan fingerprint density at radius 3 is 2.33 bits per heavy atom. The van der Waals surface area contributed by atoms with Gasteiger partial charge in [0.2, 0.25) is 5.82 Å². The van der Waals surface area contributed by atoms with Gasteiger partial charge in [0, 0.05) is 17.0 Å². The summed E-state index contributed by atoms with van der Waals surface area (Å²) in [7, 11) is 0. The Kier molecular flexibility index (Phi) is 2.32. The summed E-state index contributed by atoms with van der Waals surface area (Å²) in [6, 6.07) is 7.14. The smallest absolute Gasteiger partial charge is 0.298 e. The molecule has 2 aliphatic carbocycles. The summed E-state index contributed by atoms with van der Waals surface area (Å²) in [5, 5.41) is 8.11. The van der Waals surface area contributed by atoms with Crippen LogP contribution in [-0.4, -0.2) is 15.7 Å². The fourth-order valence-electron chi connectivity index (χ4n) is 2.75. The number of hydrogen-bond acceptors (Lipinski definition) is 3. The number of aromatic nitrogens is 2. The molecule has 0 saturated heterocycles. The van der Waals surface area contributed by atoms with Crippen molar-refractivity contribution >= 4 is 5.71 Å². The van der Waals surface area contributed by atoms with Crippen molar-refractivity contribution < 1.29 is 13.2 Å². The highest BCUT2D eigenvalue weighted by Crippen LogP contribution is 2.48. The lowest BCUT2D eigenvalue weighted by Gasteiger charge is -2.11. The summed E-state index contributed by atoms with van der Waals surface area (Å²) >= 11 is 0. The molecule has 2 aromatic rings. The Morgan fingerprint density at radius 2 is 1.71 bits per heavy atom. The van der Waals surface area contributed by atoms with E-state index in [0.717, 1.165) is 18.4 Å². The number of nitrogens with one attached hydrogen (secondary N) is 1. The Labute approximate surface area is 118 Å². The maximum atomic E-state index is 13.0. The highest BCUT2D eigenvalue weighted by Gasteiger charge is 2.41. The molecule has 1 N–H and O–H groups in total. The van der Waals surface area contributed by atoms with Crippen LogP contribution in [0.3, 0.4) is 0 Å². The molecular weight excluding hydrogens is 279 g/mol. The Bertz CT molecular complexity index is 776. The van der Waals surface area contributed by atoms with Crippen LogP contribution in [0.1, 0.15) is 41.5 Å². The summed E-state index contributed by atoms with van der Waals surface area (Å²) in [5.41, 5.74) is 2.63. The van der Waals surface area contributed by atoms with E-state index >= 15 is 0 Å². The van der Waals surface area contributed by atoms with Crippen molar-refractivity contribution in [3.05, 3.63) is 47.0 Å². The van der Waals surface area contributed by atoms with Crippen molar-refractivity contribution in [3.63, 3.8) is 0 Å². The van der Waals surface area contributed by atoms with Gasteiger partial charge >= 0.3 is 6.18 Å². The lowest BCUT2D eigenvalue weighted by atomic mass is 10.0. The summed E-state index contributed by atoms with van der Waals surface area (Å²) in [6.45, 7) is 0. The van der Waals surface area contributed by atoms with Crippen molar-refractivity contribution in [2.24, 2.45) is 0 Å². The topological polar surface area (TPSA) is 49.6 Å². The molecule has 1 saturated carbocycles. The van der Waals surface area contributed by atoms with Gasteiger partial charge in [-0.05, 0) is 18.4 Å². The van der Waals surface area contributed by atoms with E-state index in [2.05, 4.69) is 9.97 Å². The molecule has 0 radical (unpaired) electrons. The Balaban J connectivity index is 2.03. The second kappa shape index (κ2) is 3.90. The molecule has 21 heavy (non-hydrogen) atoms. The molecule has 0 unspecified atom stereocenters. The predicted octanol–water partition coefficient (Wildman–Crippen LogP) is 3.77. The van der Waals surface area contributed by atoms with Crippen molar-refractivity contribution in [2.45, 2.75) is 24.9 Å². The van der Waals surface area contributed by atoms with Crippen molar-refractivity contribution in [3.8, 4) is 11.1 Å². The minimum Gasteiger partial charge on any atom is -0.298 e. The van der Waals surface area contributed by atoms with E-state index < -0.39 is 12.0 Å². The van der Waals surface area contributed by atoms with Crippen LogP contribution < -0.4 is 0 Å². The Morgan fingerprint density at radius 1 is 1.05 bits per heavy atom. The fourth-order valence-corrected chi connectivity index (χ4v) is 2.75. The van der Waals surface area contributed by atoms with E-state index in [4.69, 9.17) is 5.41 Å². The van der Waals surface area contributed by atoms with Crippen LogP contribution in [0.15, 0.2) is 24.3 Å². The average Bonchev–Trinajstić information content (AvgIpc) is 3.25. The van der Waals surface area contributed by atoms with Gasteiger partial charge in [0.25, 0.3) is 0 Å². The summed E-state index contributed by atoms with van der Waals surface area (Å²) in [5.74, 6) is -1.08. The van der Waals surface area contributed by atoms with E-state index in [1.807, 2.05) is 12.1 Å². The zero-order valence-electron chi connectivity index (χ0n) is 10.8. The van der Waals surface area contributed by atoms with Crippen molar-refractivity contribution in [1.29, 1.82) is 5.41 Å². The van der Waals surface area contributed by atoms with Crippen LogP contribution in [0.2, 0.25) is 0 Å². The van der Waals surface area contributed by atoms with Crippen LogP contribution in [0.5, 0.6) is 0 Å². The summed E-state index contributed by atoms with van der Waals surface area (Å²) < 4.78 is 38.9. The van der Waals surface area contributed by atoms with Crippen LogP contribution in [0.25, 0.3) is 11.1 Å². The molecule has 6 heteroatoms. The van der Waals surface area contributed by atoms with Crippen LogP contribution in [-0.2, 0) is 6.18 Å². The van der Waals surface area contributed by atoms with Crippen LogP contribution >= 0.6 is 0 Å². The molecule has 0 aliphatic heterocycles. The highest BCUT2D eigenvalue weighted by molar-refractivity contribution is 6.22. The normalized spacial score (nSPS) is 16.8. The van der Waals surface area contributed by atoms with E-state index in [0.29, 0.717) is 16.8 Å². The molecule has 0 atom stereocenters. The molecule has 106 valence electrons. The molecule has 1 fully saturated rings. The minimum absolute atomic E-state index is 0.0513. The number of hydrogen-bond donors (Lipinski definition) is 1. The van der Waals surface area contributed by atoms with Gasteiger partial charge in [-0.2, -0.15) is 13.2 Å². The fraction of sp³-hybridized carbons (Fsp3) is 0.267. The second-order valence-corrected chi connectivity index (χ2v) is 5.35. The standard InChI is InChI=1S/C15H10F3N3/c16-15(17,18)14-20-12(7-5-6-7)10-8-3-1-2-4-9(8)11(19)13(10)21-14/h1-4,7,19H,5-6H2. The number of halogens is 3. The first kappa shape index (κ1) is 12.5. The molecule has 1 heterocycles. The molecule has 0 spiro atoms. The van der Waals surface area contributed by atoms with Gasteiger partial charge in [-0.1, -0.05) is 24.3 Å². The number of alkyl halides is 3. The molecular formula is C15H10F3N3. The number of rotatable bonds is 1. The number of nitrogens with zero attached hydrogens (tertiary/aromatic N) is 2. The highest BCUT2D eigenvalue weighted by atomic mass is 19.4. The zero-order valence-corrected chi connectivity index (χ0v) is 10.8. The lowest BCUT2D eigenvalue weighted by Crippen LogP contribution is -2.15. The minimum atomic E-state index is -4.59. The average molecular weight is 289 g/mol. The first-order chi connectivity index (χ1) is 9.97. The van der Waals surface area contributed by atoms with Crippen molar-refractivity contribution in [2.75, 3.05) is 0 Å². The maximum absolute atomic E-state index is 13.0. The predicted molar refractivity (Wildman–Crippen MR) is 70.4 cm³/mol. The van der Waals surface area contributed by atoms with Crippen LogP contribution in [0, 0.1) is 5.41 Å². The number of benzene rings is 1. The lowest BCUT2D eigenvalue weighted by molar-refractivity contribution is -0.145. The molecule has 3 nitrogen and oxygen atoms in total. The molecule has 1 aromatic heterocycles. The molecule has 1 aromatic carbocycles. The second-order valence-electron chi connectivity index (χ2n) is 5.35. The largest absolute Gasteiger partial charge is 0.451 e. The first-order valence-corrected chi connectivity index (χ1v) is 6.64. The quantitative estimate of drug-likeness (QED) is 0.741. The SMILES string of the molecule is N=C1c2ccccc2-c2c1nc(C(F)(F)F)nc2C1CC1. The van der Waals surface area contributed by atoms with Gasteiger partial charge in [-0.15, -0.1) is 0 Å². The Hall–Kier alpha value is -2.24. The number of fused-ring (bicyclic) bond motifs is 3. The van der Waals surface area contributed by atoms with E-state index in [9.17, 15) is 13.2 Å². The first-order valence-electron chi connectivity index (χ1n) is 6.64. The van der Waals surface area contributed by atoms with Gasteiger partial charge in [0.1, 0.15) is 5.69 Å². The molecule has 0 amide bonds. The third-order valence-corrected chi connectivity index (χ3v) is 3.86. The van der Waals surface area contributed by atoms with Crippen LogP contribution in [0.4, 0.5) is 13.2 Å². The van der Waals surface area contributed by atoms with Gasteiger partial charge in [0.05, 0.1) is 11.4 Å². The summed E-state index contributed by atoms with van der Waals surface area (Å²) in [4.78, 5) is 7.41. The summed E-state index contributed by atoms with van der Waals surface area (Å²) in [6.07, 6.45) is -2.90. The van der Waals surface area contributed by atoms with E-state index in [-0.39, 0.29) is 17.3 Å².